The third kappa shape index (κ3) is 4.09. The Bertz CT molecular complexity index is 261. The lowest BCUT2D eigenvalue weighted by molar-refractivity contribution is -0.139. The van der Waals surface area contributed by atoms with Crippen molar-refractivity contribution in [1.82, 2.24) is 10.2 Å². The van der Waals surface area contributed by atoms with Gasteiger partial charge in [-0.25, -0.2) is 0 Å². The largest absolute Gasteiger partial charge is 0.360 e. The SMILES string of the molecule is CN1CCCCC1CC1(C)NCC(C)(C)CO1.Cl. The number of likely N-dealkylation sites (tertiary alicyclic amines) is 1. The van der Waals surface area contributed by atoms with Gasteiger partial charge >= 0.3 is 0 Å². The summed E-state index contributed by atoms with van der Waals surface area (Å²) in [5.41, 5.74) is 0.157. The van der Waals surface area contributed by atoms with Gasteiger partial charge in [0.1, 0.15) is 5.72 Å². The van der Waals surface area contributed by atoms with E-state index in [2.05, 4.69) is 38.0 Å². The molecule has 0 radical (unpaired) electrons. The number of ether oxygens (including phenoxy) is 1. The molecule has 2 saturated heterocycles. The summed E-state index contributed by atoms with van der Waals surface area (Å²) in [6.45, 7) is 9.89. The number of nitrogens with one attached hydrogen (secondary N) is 1. The van der Waals surface area contributed by atoms with E-state index in [9.17, 15) is 0 Å². The van der Waals surface area contributed by atoms with E-state index in [1.54, 1.807) is 0 Å². The van der Waals surface area contributed by atoms with E-state index < -0.39 is 0 Å². The molecule has 108 valence electrons. The summed E-state index contributed by atoms with van der Waals surface area (Å²) in [6.07, 6.45) is 5.15. The van der Waals surface area contributed by atoms with Gasteiger partial charge in [0.05, 0.1) is 6.61 Å². The van der Waals surface area contributed by atoms with Crippen molar-refractivity contribution in [2.75, 3.05) is 26.7 Å². The molecule has 2 aliphatic rings. The fourth-order valence-corrected chi connectivity index (χ4v) is 2.87. The lowest BCUT2D eigenvalue weighted by Crippen LogP contribution is -2.58. The monoisotopic (exact) mass is 276 g/mol. The van der Waals surface area contributed by atoms with Gasteiger partial charge in [0.15, 0.2) is 0 Å². The van der Waals surface area contributed by atoms with E-state index in [4.69, 9.17) is 4.74 Å². The average molecular weight is 277 g/mol. The Balaban J connectivity index is 0.00000162. The van der Waals surface area contributed by atoms with Gasteiger partial charge in [-0.05, 0) is 33.4 Å². The van der Waals surface area contributed by atoms with E-state index >= 15 is 0 Å². The lowest BCUT2D eigenvalue weighted by atomic mass is 9.89. The summed E-state index contributed by atoms with van der Waals surface area (Å²) in [7, 11) is 2.25. The van der Waals surface area contributed by atoms with Crippen LogP contribution in [0, 0.1) is 5.41 Å². The molecule has 0 aromatic rings. The molecule has 2 heterocycles. The van der Waals surface area contributed by atoms with Crippen LogP contribution in [0.5, 0.6) is 0 Å². The van der Waals surface area contributed by atoms with Crippen molar-refractivity contribution in [2.45, 2.75) is 58.2 Å². The first-order valence-corrected chi connectivity index (χ1v) is 7.00. The average Bonchev–Trinajstić information content (AvgIpc) is 2.27. The Kier molecular flexibility index (Phi) is 5.48. The zero-order valence-electron chi connectivity index (χ0n) is 12.3. The summed E-state index contributed by atoms with van der Waals surface area (Å²) < 4.78 is 6.09. The van der Waals surface area contributed by atoms with E-state index in [0.717, 1.165) is 19.6 Å². The quantitative estimate of drug-likeness (QED) is 0.839. The second-order valence-corrected chi connectivity index (χ2v) is 6.87. The van der Waals surface area contributed by atoms with Crippen LogP contribution in [0.1, 0.15) is 46.5 Å². The number of hydrogen-bond donors (Lipinski definition) is 1. The van der Waals surface area contributed by atoms with Crippen molar-refractivity contribution in [2.24, 2.45) is 5.41 Å². The highest BCUT2D eigenvalue weighted by Gasteiger charge is 2.38. The molecule has 3 nitrogen and oxygen atoms in total. The zero-order valence-corrected chi connectivity index (χ0v) is 13.1. The summed E-state index contributed by atoms with van der Waals surface area (Å²) in [5.74, 6) is 0. The van der Waals surface area contributed by atoms with Gasteiger partial charge in [-0.3, -0.25) is 5.32 Å². The first-order chi connectivity index (χ1) is 7.90. The molecule has 1 N–H and O–H groups in total. The molecule has 0 aromatic carbocycles. The highest BCUT2D eigenvalue weighted by atomic mass is 35.5. The van der Waals surface area contributed by atoms with E-state index in [1.807, 2.05) is 0 Å². The van der Waals surface area contributed by atoms with Crippen molar-refractivity contribution >= 4 is 12.4 Å². The minimum Gasteiger partial charge on any atom is -0.360 e. The molecular weight excluding hydrogens is 248 g/mol. The van der Waals surface area contributed by atoms with Crippen LogP contribution in [0.3, 0.4) is 0 Å². The molecule has 0 bridgehead atoms. The summed E-state index contributed by atoms with van der Waals surface area (Å²) >= 11 is 0. The van der Waals surface area contributed by atoms with Gasteiger partial charge in [0.25, 0.3) is 0 Å². The third-order valence-electron chi connectivity index (χ3n) is 4.27. The fraction of sp³-hybridized carbons (Fsp3) is 1.00. The zero-order chi connectivity index (χ0) is 12.5. The second kappa shape index (κ2) is 6.08. The Hall–Kier alpha value is 0.170. The van der Waals surface area contributed by atoms with Crippen molar-refractivity contribution in [3.05, 3.63) is 0 Å². The Morgan fingerprint density at radius 1 is 1.28 bits per heavy atom. The highest BCUT2D eigenvalue weighted by molar-refractivity contribution is 5.85. The molecule has 0 saturated carbocycles. The van der Waals surface area contributed by atoms with E-state index in [1.165, 1.54) is 25.8 Å². The van der Waals surface area contributed by atoms with Crippen LogP contribution in [0.15, 0.2) is 0 Å². The van der Waals surface area contributed by atoms with Crippen LogP contribution in [0.25, 0.3) is 0 Å². The first-order valence-electron chi connectivity index (χ1n) is 7.00. The molecule has 18 heavy (non-hydrogen) atoms. The molecule has 2 unspecified atom stereocenters. The van der Waals surface area contributed by atoms with Crippen molar-refractivity contribution in [3.63, 3.8) is 0 Å². The van der Waals surface area contributed by atoms with Gasteiger partial charge in [-0.1, -0.05) is 20.3 Å². The van der Waals surface area contributed by atoms with Crippen LogP contribution >= 0.6 is 12.4 Å². The maximum absolute atomic E-state index is 6.09. The van der Waals surface area contributed by atoms with Gasteiger partial charge in [0.2, 0.25) is 0 Å². The predicted molar refractivity (Wildman–Crippen MR) is 78.3 cm³/mol. The maximum Gasteiger partial charge on any atom is 0.117 e. The fourth-order valence-electron chi connectivity index (χ4n) is 2.87. The predicted octanol–water partition coefficient (Wildman–Crippen LogP) is 2.64. The molecule has 0 spiro atoms. The molecule has 0 aliphatic carbocycles. The van der Waals surface area contributed by atoms with Gasteiger partial charge in [0, 0.05) is 24.4 Å². The number of hydrogen-bond acceptors (Lipinski definition) is 3. The lowest BCUT2D eigenvalue weighted by Gasteiger charge is -2.46. The van der Waals surface area contributed by atoms with Crippen LogP contribution in [-0.2, 0) is 4.74 Å². The first kappa shape index (κ1) is 16.2. The smallest absolute Gasteiger partial charge is 0.117 e. The van der Waals surface area contributed by atoms with E-state index in [0.29, 0.717) is 6.04 Å². The van der Waals surface area contributed by atoms with E-state index in [-0.39, 0.29) is 23.5 Å². The second-order valence-electron chi connectivity index (χ2n) is 6.87. The normalized spacial score (nSPS) is 37.0. The van der Waals surface area contributed by atoms with Crippen LogP contribution in [-0.4, -0.2) is 43.4 Å². The van der Waals surface area contributed by atoms with Gasteiger partial charge in [-0.2, -0.15) is 0 Å². The molecule has 0 aromatic heterocycles. The number of rotatable bonds is 2. The van der Waals surface area contributed by atoms with Crippen LogP contribution in [0.2, 0.25) is 0 Å². The number of nitrogens with zero attached hydrogens (tertiary/aromatic N) is 1. The molecule has 2 aliphatic heterocycles. The molecule has 2 rings (SSSR count). The number of halogens is 1. The molecule has 0 amide bonds. The van der Waals surface area contributed by atoms with Crippen LogP contribution < -0.4 is 5.32 Å². The van der Waals surface area contributed by atoms with Crippen molar-refractivity contribution < 1.29 is 4.74 Å². The Labute approximate surface area is 118 Å². The molecular formula is C14H29ClN2O. The van der Waals surface area contributed by atoms with Crippen molar-refractivity contribution in [3.8, 4) is 0 Å². The summed E-state index contributed by atoms with van der Waals surface area (Å²) in [6, 6.07) is 0.683. The molecule has 2 fully saturated rings. The molecule has 2 atom stereocenters. The Morgan fingerprint density at radius 3 is 2.56 bits per heavy atom. The van der Waals surface area contributed by atoms with Crippen LogP contribution in [0.4, 0.5) is 0 Å². The maximum atomic E-state index is 6.09. The minimum atomic E-state index is -0.119. The topological polar surface area (TPSA) is 24.5 Å². The third-order valence-corrected chi connectivity index (χ3v) is 4.27. The van der Waals surface area contributed by atoms with Gasteiger partial charge < -0.3 is 9.64 Å². The van der Waals surface area contributed by atoms with Crippen molar-refractivity contribution in [1.29, 1.82) is 0 Å². The summed E-state index contributed by atoms with van der Waals surface area (Å²) in [5, 5.41) is 3.60. The summed E-state index contributed by atoms with van der Waals surface area (Å²) in [4.78, 5) is 2.50. The minimum absolute atomic E-state index is 0. The number of piperidine rings is 1. The highest BCUT2D eigenvalue weighted by Crippen LogP contribution is 2.30. The van der Waals surface area contributed by atoms with Gasteiger partial charge in [-0.15, -0.1) is 12.4 Å². The molecule has 4 heteroatoms. The standard InChI is InChI=1S/C14H28N2O.ClH/c1-13(2)10-15-14(3,17-11-13)9-12-7-5-6-8-16(12)4;/h12,15H,5-11H2,1-4H3;1H. The Morgan fingerprint density at radius 2 is 2.00 bits per heavy atom.